The van der Waals surface area contributed by atoms with Crippen LogP contribution in [0.15, 0.2) is 48.5 Å². The quantitative estimate of drug-likeness (QED) is 0.449. The van der Waals surface area contributed by atoms with Crippen LogP contribution in [0.3, 0.4) is 0 Å². The van der Waals surface area contributed by atoms with Gasteiger partial charge in [0, 0.05) is 16.3 Å². The predicted molar refractivity (Wildman–Crippen MR) is 75.8 cm³/mol. The summed E-state index contributed by atoms with van der Waals surface area (Å²) in [5.41, 5.74) is 1.83. The molecule has 0 saturated heterocycles. The van der Waals surface area contributed by atoms with Gasteiger partial charge in [0.15, 0.2) is 5.78 Å². The molecule has 1 aromatic heterocycles. The lowest BCUT2D eigenvalue weighted by Gasteiger charge is -2.08. The largest absolute Gasteiger partial charge is 0.481 e. The first-order valence-corrected chi connectivity index (χ1v) is 6.19. The van der Waals surface area contributed by atoms with Crippen LogP contribution < -0.4 is 0 Å². The number of carbonyl (C=O) groups is 2. The molecule has 2 aromatic carbocycles. The maximum absolute atomic E-state index is 12.3. The van der Waals surface area contributed by atoms with Gasteiger partial charge in [0.1, 0.15) is 6.42 Å². The van der Waals surface area contributed by atoms with Gasteiger partial charge in [-0.05, 0) is 12.1 Å². The van der Waals surface area contributed by atoms with E-state index < -0.39 is 18.2 Å². The molecule has 0 unspecified atom stereocenters. The van der Waals surface area contributed by atoms with Crippen molar-refractivity contribution in [2.24, 2.45) is 0 Å². The summed E-state index contributed by atoms with van der Waals surface area (Å²) in [6, 6.07) is 14.5. The number of carbonyl (C=O) groups excluding carboxylic acids is 1. The normalized spacial score (nSPS) is 10.8. The van der Waals surface area contributed by atoms with Gasteiger partial charge < -0.3 is 5.11 Å². The number of aromatic nitrogens is 1. The Morgan fingerprint density at radius 2 is 1.40 bits per heavy atom. The molecule has 0 spiro atoms. The Morgan fingerprint density at radius 1 is 0.900 bits per heavy atom. The van der Waals surface area contributed by atoms with Crippen LogP contribution in [0.25, 0.3) is 21.8 Å². The van der Waals surface area contributed by atoms with Crippen molar-refractivity contribution in [3.05, 3.63) is 54.1 Å². The van der Waals surface area contributed by atoms with Crippen molar-refractivity contribution in [1.82, 2.24) is 4.98 Å². The summed E-state index contributed by atoms with van der Waals surface area (Å²) in [6.07, 6.45) is -0.516. The highest BCUT2D eigenvalue weighted by atomic mass is 16.4. The molecule has 0 aliphatic carbocycles. The number of Topliss-reactive ketones (excluding diaryl/α,β-unsaturated/α-hetero) is 1. The minimum Gasteiger partial charge on any atom is -0.481 e. The van der Waals surface area contributed by atoms with Crippen LogP contribution in [0.1, 0.15) is 16.8 Å². The number of fused-ring (bicyclic) bond motifs is 2. The standard InChI is InChI=1S/C16H11NO3/c18-14(9-15(19)20)16-10-5-1-3-7-12(10)17-13-8-4-2-6-11(13)16/h1-8H,9H2,(H,19,20). The minimum atomic E-state index is -1.13. The fraction of sp³-hybridized carbons (Fsp3) is 0.0625. The lowest BCUT2D eigenvalue weighted by atomic mass is 9.98. The molecule has 0 aliphatic heterocycles. The molecule has 98 valence electrons. The zero-order valence-corrected chi connectivity index (χ0v) is 10.5. The number of rotatable bonds is 3. The minimum absolute atomic E-state index is 0.396. The molecule has 0 radical (unpaired) electrons. The molecule has 0 amide bonds. The van der Waals surface area contributed by atoms with E-state index in [0.717, 1.165) is 0 Å². The Kier molecular flexibility index (Phi) is 2.91. The number of carboxylic acids is 1. The Bertz CT molecular complexity index is 785. The van der Waals surface area contributed by atoms with E-state index in [9.17, 15) is 9.59 Å². The summed E-state index contributed by atoms with van der Waals surface area (Å²) in [4.78, 5) is 27.6. The number of hydrogen-bond acceptors (Lipinski definition) is 3. The summed E-state index contributed by atoms with van der Waals surface area (Å²) >= 11 is 0. The average Bonchev–Trinajstić information content (AvgIpc) is 2.43. The molecular formula is C16H11NO3. The number of nitrogens with zero attached hydrogens (tertiary/aromatic N) is 1. The van der Waals surface area contributed by atoms with Gasteiger partial charge in [-0.25, -0.2) is 4.98 Å². The van der Waals surface area contributed by atoms with Gasteiger partial charge in [-0.1, -0.05) is 36.4 Å². The smallest absolute Gasteiger partial charge is 0.311 e. The zero-order valence-electron chi connectivity index (χ0n) is 10.5. The number of ketones is 1. The molecule has 3 rings (SSSR count). The Morgan fingerprint density at radius 3 is 1.90 bits per heavy atom. The molecule has 0 aliphatic rings. The summed E-state index contributed by atoms with van der Waals surface area (Å²) in [5, 5.41) is 10.2. The highest BCUT2D eigenvalue weighted by Gasteiger charge is 2.17. The SMILES string of the molecule is O=C(O)CC(=O)c1c2ccccc2nc2ccccc12. The second-order valence-electron chi connectivity index (χ2n) is 4.51. The van der Waals surface area contributed by atoms with Crippen molar-refractivity contribution >= 4 is 33.6 Å². The van der Waals surface area contributed by atoms with Gasteiger partial charge in [-0.3, -0.25) is 9.59 Å². The average molecular weight is 265 g/mol. The van der Waals surface area contributed by atoms with Crippen LogP contribution in [-0.4, -0.2) is 21.8 Å². The van der Waals surface area contributed by atoms with Crippen LogP contribution in [0, 0.1) is 0 Å². The van der Waals surface area contributed by atoms with Crippen molar-refractivity contribution < 1.29 is 14.7 Å². The van der Waals surface area contributed by atoms with Crippen LogP contribution in [0.2, 0.25) is 0 Å². The lowest BCUT2D eigenvalue weighted by molar-refractivity contribution is -0.135. The van der Waals surface area contributed by atoms with Gasteiger partial charge in [-0.15, -0.1) is 0 Å². The van der Waals surface area contributed by atoms with E-state index in [1.54, 1.807) is 12.1 Å². The first-order valence-electron chi connectivity index (χ1n) is 6.19. The van der Waals surface area contributed by atoms with Crippen molar-refractivity contribution in [2.75, 3.05) is 0 Å². The third-order valence-corrected chi connectivity index (χ3v) is 3.18. The number of pyridine rings is 1. The van der Waals surface area contributed by atoms with Gasteiger partial charge >= 0.3 is 5.97 Å². The Labute approximate surface area is 114 Å². The number of hydrogen-bond donors (Lipinski definition) is 1. The Hall–Kier alpha value is -2.75. The third-order valence-electron chi connectivity index (χ3n) is 3.18. The first-order chi connectivity index (χ1) is 9.66. The van der Waals surface area contributed by atoms with Crippen molar-refractivity contribution in [2.45, 2.75) is 6.42 Å². The van der Waals surface area contributed by atoms with Crippen LogP contribution in [-0.2, 0) is 4.79 Å². The molecule has 0 saturated carbocycles. The van der Waals surface area contributed by atoms with Crippen LogP contribution in [0.5, 0.6) is 0 Å². The molecule has 4 heteroatoms. The van der Waals surface area contributed by atoms with Crippen molar-refractivity contribution in [1.29, 1.82) is 0 Å². The highest BCUT2D eigenvalue weighted by Crippen LogP contribution is 2.26. The van der Waals surface area contributed by atoms with E-state index in [4.69, 9.17) is 5.11 Å². The molecule has 1 N–H and O–H groups in total. The maximum atomic E-state index is 12.3. The number of benzene rings is 2. The summed E-state index contributed by atoms with van der Waals surface area (Å²) in [5.74, 6) is -1.52. The number of aliphatic carboxylic acids is 1. The molecule has 0 atom stereocenters. The maximum Gasteiger partial charge on any atom is 0.311 e. The zero-order chi connectivity index (χ0) is 14.1. The van der Waals surface area contributed by atoms with Gasteiger partial charge in [0.2, 0.25) is 0 Å². The van der Waals surface area contributed by atoms with E-state index in [0.29, 0.717) is 27.4 Å². The first kappa shape index (κ1) is 12.3. The molecular weight excluding hydrogens is 254 g/mol. The fourth-order valence-corrected chi connectivity index (χ4v) is 2.37. The highest BCUT2D eigenvalue weighted by molar-refractivity contribution is 6.20. The van der Waals surface area contributed by atoms with E-state index in [2.05, 4.69) is 4.98 Å². The summed E-state index contributed by atoms with van der Waals surface area (Å²) in [6.45, 7) is 0. The molecule has 20 heavy (non-hydrogen) atoms. The van der Waals surface area contributed by atoms with Crippen LogP contribution >= 0.6 is 0 Å². The second-order valence-corrected chi connectivity index (χ2v) is 4.51. The van der Waals surface area contributed by atoms with E-state index in [1.807, 2.05) is 36.4 Å². The van der Waals surface area contributed by atoms with Gasteiger partial charge in [-0.2, -0.15) is 0 Å². The van der Waals surface area contributed by atoms with Gasteiger partial charge in [0.05, 0.1) is 11.0 Å². The molecule has 3 aromatic rings. The fourth-order valence-electron chi connectivity index (χ4n) is 2.37. The summed E-state index contributed by atoms with van der Waals surface area (Å²) < 4.78 is 0. The topological polar surface area (TPSA) is 67.3 Å². The molecule has 1 heterocycles. The van der Waals surface area contributed by atoms with E-state index in [1.165, 1.54) is 0 Å². The van der Waals surface area contributed by atoms with Crippen molar-refractivity contribution in [3.8, 4) is 0 Å². The molecule has 4 nitrogen and oxygen atoms in total. The summed E-state index contributed by atoms with van der Waals surface area (Å²) in [7, 11) is 0. The Balaban J connectivity index is 2.39. The van der Waals surface area contributed by atoms with Crippen LogP contribution in [0.4, 0.5) is 0 Å². The molecule has 0 fully saturated rings. The van der Waals surface area contributed by atoms with E-state index in [-0.39, 0.29) is 0 Å². The number of para-hydroxylation sites is 2. The second kappa shape index (κ2) is 4.74. The molecule has 0 bridgehead atoms. The van der Waals surface area contributed by atoms with E-state index >= 15 is 0 Å². The number of carboxylic acid groups (broad SMARTS) is 1. The third kappa shape index (κ3) is 2.01. The lowest BCUT2D eigenvalue weighted by Crippen LogP contribution is -2.08. The van der Waals surface area contributed by atoms with Gasteiger partial charge in [0.25, 0.3) is 0 Å². The predicted octanol–water partition coefficient (Wildman–Crippen LogP) is 3.05. The van der Waals surface area contributed by atoms with Crippen molar-refractivity contribution in [3.63, 3.8) is 0 Å². The monoisotopic (exact) mass is 265 g/mol.